The predicted octanol–water partition coefficient (Wildman–Crippen LogP) is 3.68. The van der Waals surface area contributed by atoms with E-state index in [9.17, 15) is 9.90 Å². The van der Waals surface area contributed by atoms with Gasteiger partial charge in [-0.05, 0) is 42.7 Å². The van der Waals surface area contributed by atoms with Gasteiger partial charge in [-0.2, -0.15) is 4.98 Å². The number of phenolic OH excluding ortho intramolecular Hbond substituents is 1. The number of nitrogens with zero attached hydrogens (tertiary/aromatic N) is 3. The highest BCUT2D eigenvalue weighted by Crippen LogP contribution is 2.41. The molecule has 1 atom stereocenters. The van der Waals surface area contributed by atoms with Gasteiger partial charge in [0.15, 0.2) is 11.6 Å². The highest BCUT2D eigenvalue weighted by molar-refractivity contribution is 5.99. The number of methoxy groups -OCH3 is 1. The molecular weight excluding hydrogens is 368 g/mol. The summed E-state index contributed by atoms with van der Waals surface area (Å²) >= 11 is 0. The molecule has 0 saturated heterocycles. The van der Waals surface area contributed by atoms with Crippen molar-refractivity contribution >= 4 is 11.7 Å². The second-order valence-electron chi connectivity index (χ2n) is 7.23. The molecule has 1 aromatic heterocycles. The average molecular weight is 388 g/mol. The number of Topliss-reactive ketones (excluding diaryl/α,β-unsaturated/α-hetero) is 1. The van der Waals surface area contributed by atoms with Crippen molar-refractivity contribution in [3.8, 4) is 22.9 Å². The molecule has 7 nitrogen and oxygen atoms in total. The van der Waals surface area contributed by atoms with Crippen LogP contribution in [0.15, 0.2) is 59.8 Å². The molecule has 2 aromatic carbocycles. The van der Waals surface area contributed by atoms with Gasteiger partial charge in [-0.15, -0.1) is 5.10 Å². The van der Waals surface area contributed by atoms with Gasteiger partial charge in [-0.1, -0.05) is 24.3 Å². The van der Waals surface area contributed by atoms with Crippen LogP contribution in [0.2, 0.25) is 0 Å². The molecule has 7 heteroatoms. The van der Waals surface area contributed by atoms with Crippen molar-refractivity contribution in [2.24, 2.45) is 0 Å². The molecule has 5 rings (SSSR count). The second-order valence-corrected chi connectivity index (χ2v) is 7.23. The molecule has 1 aliphatic carbocycles. The number of anilines is 1. The van der Waals surface area contributed by atoms with E-state index in [0.717, 1.165) is 35.4 Å². The maximum Gasteiger partial charge on any atom is 0.226 e. The number of hydrogen-bond donors (Lipinski definition) is 2. The number of ether oxygens (including phenoxy) is 1. The van der Waals surface area contributed by atoms with Crippen LogP contribution in [0.4, 0.5) is 5.95 Å². The monoisotopic (exact) mass is 388 g/mol. The molecule has 1 unspecified atom stereocenters. The molecule has 0 amide bonds. The minimum absolute atomic E-state index is 0.108. The molecule has 0 spiro atoms. The van der Waals surface area contributed by atoms with Crippen LogP contribution in [0.1, 0.15) is 30.9 Å². The van der Waals surface area contributed by atoms with Crippen LogP contribution in [0, 0.1) is 0 Å². The van der Waals surface area contributed by atoms with Gasteiger partial charge in [0.1, 0.15) is 17.5 Å². The number of carbonyl (C=O) groups excluding carboxylic acids is 1. The molecule has 2 aliphatic rings. The fraction of sp³-hybridized carbons (Fsp3) is 0.227. The molecule has 0 saturated carbocycles. The third kappa shape index (κ3) is 2.95. The quantitative estimate of drug-likeness (QED) is 0.711. The van der Waals surface area contributed by atoms with E-state index in [2.05, 4.69) is 10.3 Å². The standard InChI is InChI=1S/C22H20N4O3/c1-29-16-8-3-6-14(12-16)21-24-22-23-17-9-4-10-18(28)19(17)20(26(22)25-21)13-5-2-7-15(27)11-13/h2-3,5-8,11-12,20,27H,4,9-10H2,1H3,(H,23,24,25). The Morgan fingerprint density at radius 1 is 1.17 bits per heavy atom. The van der Waals surface area contributed by atoms with Crippen molar-refractivity contribution in [3.63, 3.8) is 0 Å². The summed E-state index contributed by atoms with van der Waals surface area (Å²) < 4.78 is 7.06. The highest BCUT2D eigenvalue weighted by Gasteiger charge is 2.37. The third-order valence-electron chi connectivity index (χ3n) is 5.38. The molecule has 0 fully saturated rings. The number of aromatic nitrogens is 3. The molecule has 0 radical (unpaired) electrons. The Hall–Kier alpha value is -3.61. The Kier molecular flexibility index (Phi) is 4.08. The van der Waals surface area contributed by atoms with Crippen LogP contribution < -0.4 is 10.1 Å². The van der Waals surface area contributed by atoms with Crippen LogP contribution >= 0.6 is 0 Å². The Morgan fingerprint density at radius 3 is 2.86 bits per heavy atom. The van der Waals surface area contributed by atoms with Crippen molar-refractivity contribution in [2.75, 3.05) is 12.4 Å². The van der Waals surface area contributed by atoms with Gasteiger partial charge in [0.05, 0.1) is 7.11 Å². The summed E-state index contributed by atoms with van der Waals surface area (Å²) in [5.74, 6) is 2.12. The number of carbonyl (C=O) groups is 1. The number of phenols is 1. The van der Waals surface area contributed by atoms with Crippen molar-refractivity contribution in [1.82, 2.24) is 14.8 Å². The van der Waals surface area contributed by atoms with E-state index in [1.807, 2.05) is 30.3 Å². The number of rotatable bonds is 3. The van der Waals surface area contributed by atoms with Crippen LogP contribution in [0.5, 0.6) is 11.5 Å². The average Bonchev–Trinajstić information content (AvgIpc) is 3.16. The van der Waals surface area contributed by atoms with E-state index in [0.29, 0.717) is 23.8 Å². The first kappa shape index (κ1) is 17.5. The zero-order chi connectivity index (χ0) is 20.0. The summed E-state index contributed by atoms with van der Waals surface area (Å²) in [5, 5.41) is 18.1. The van der Waals surface area contributed by atoms with E-state index >= 15 is 0 Å². The van der Waals surface area contributed by atoms with Gasteiger partial charge >= 0.3 is 0 Å². The number of benzene rings is 2. The van der Waals surface area contributed by atoms with Crippen LogP contribution in [-0.4, -0.2) is 32.8 Å². The first-order valence-electron chi connectivity index (χ1n) is 9.57. The molecular formula is C22H20N4O3. The minimum Gasteiger partial charge on any atom is -0.508 e. The summed E-state index contributed by atoms with van der Waals surface area (Å²) in [7, 11) is 1.62. The molecule has 1 aliphatic heterocycles. The normalized spacial score (nSPS) is 18.1. The lowest BCUT2D eigenvalue weighted by Gasteiger charge is -2.32. The molecule has 0 bridgehead atoms. The summed E-state index contributed by atoms with van der Waals surface area (Å²) in [6.07, 6.45) is 2.12. The summed E-state index contributed by atoms with van der Waals surface area (Å²) in [6.45, 7) is 0. The minimum atomic E-state index is -0.423. The van der Waals surface area contributed by atoms with Gasteiger partial charge in [-0.25, -0.2) is 4.68 Å². The first-order valence-corrected chi connectivity index (χ1v) is 9.57. The topological polar surface area (TPSA) is 89.3 Å². The summed E-state index contributed by atoms with van der Waals surface area (Å²) in [4.78, 5) is 17.5. The fourth-order valence-electron chi connectivity index (χ4n) is 4.04. The number of fused-ring (bicyclic) bond motifs is 1. The second kappa shape index (κ2) is 6.77. The van der Waals surface area contributed by atoms with E-state index in [1.54, 1.807) is 30.0 Å². The van der Waals surface area contributed by atoms with Gasteiger partial charge < -0.3 is 15.2 Å². The lowest BCUT2D eigenvalue weighted by molar-refractivity contribution is -0.116. The number of nitrogens with one attached hydrogen (secondary N) is 1. The zero-order valence-corrected chi connectivity index (χ0v) is 15.9. The Morgan fingerprint density at radius 2 is 2.03 bits per heavy atom. The number of hydrogen-bond acceptors (Lipinski definition) is 6. The molecule has 2 heterocycles. The lowest BCUT2D eigenvalue weighted by atomic mass is 9.85. The Balaban J connectivity index is 1.67. The maximum absolute atomic E-state index is 12.8. The van der Waals surface area contributed by atoms with Crippen LogP contribution in [-0.2, 0) is 4.79 Å². The number of aromatic hydroxyl groups is 1. The molecule has 29 heavy (non-hydrogen) atoms. The first-order chi connectivity index (χ1) is 14.1. The van der Waals surface area contributed by atoms with Crippen LogP contribution in [0.25, 0.3) is 11.4 Å². The van der Waals surface area contributed by atoms with Gasteiger partial charge in [0, 0.05) is 23.3 Å². The third-order valence-corrected chi connectivity index (χ3v) is 5.38. The van der Waals surface area contributed by atoms with Gasteiger partial charge in [0.2, 0.25) is 5.95 Å². The van der Waals surface area contributed by atoms with Crippen molar-refractivity contribution in [2.45, 2.75) is 25.3 Å². The number of allylic oxidation sites excluding steroid dienone is 2. The van der Waals surface area contributed by atoms with Crippen molar-refractivity contribution < 1.29 is 14.6 Å². The van der Waals surface area contributed by atoms with Crippen molar-refractivity contribution in [1.29, 1.82) is 0 Å². The van der Waals surface area contributed by atoms with Gasteiger partial charge in [0.25, 0.3) is 0 Å². The van der Waals surface area contributed by atoms with E-state index < -0.39 is 6.04 Å². The van der Waals surface area contributed by atoms with Crippen molar-refractivity contribution in [3.05, 3.63) is 65.4 Å². The van der Waals surface area contributed by atoms with E-state index in [1.165, 1.54) is 0 Å². The fourth-order valence-corrected chi connectivity index (χ4v) is 4.04. The van der Waals surface area contributed by atoms with Gasteiger partial charge in [-0.3, -0.25) is 4.79 Å². The maximum atomic E-state index is 12.8. The lowest BCUT2D eigenvalue weighted by Crippen LogP contribution is -2.31. The molecule has 146 valence electrons. The summed E-state index contributed by atoms with van der Waals surface area (Å²) in [6, 6.07) is 14.1. The molecule has 3 aromatic rings. The smallest absolute Gasteiger partial charge is 0.226 e. The zero-order valence-electron chi connectivity index (χ0n) is 15.9. The summed E-state index contributed by atoms with van der Waals surface area (Å²) in [5.41, 5.74) is 3.23. The van der Waals surface area contributed by atoms with Crippen LogP contribution in [0.3, 0.4) is 0 Å². The van der Waals surface area contributed by atoms with E-state index in [-0.39, 0.29) is 11.5 Å². The number of ketones is 1. The Labute approximate surface area is 167 Å². The Bertz CT molecular complexity index is 1150. The largest absolute Gasteiger partial charge is 0.508 e. The molecule has 2 N–H and O–H groups in total. The highest BCUT2D eigenvalue weighted by atomic mass is 16.5. The SMILES string of the molecule is COc1cccc(-c2nc3n(n2)C(c2cccc(O)c2)C2=C(CCCC2=O)N3)c1. The predicted molar refractivity (Wildman–Crippen MR) is 108 cm³/mol. The van der Waals surface area contributed by atoms with E-state index in [4.69, 9.17) is 9.84 Å².